The van der Waals surface area contributed by atoms with E-state index in [1.807, 2.05) is 80.6 Å². The first kappa shape index (κ1) is 17.0. The highest BCUT2D eigenvalue weighted by molar-refractivity contribution is 5.76. The molecule has 0 saturated heterocycles. The summed E-state index contributed by atoms with van der Waals surface area (Å²) >= 11 is 0. The topological polar surface area (TPSA) is 35.5 Å². The summed E-state index contributed by atoms with van der Waals surface area (Å²) in [6.07, 6.45) is 0.932. The molecule has 0 heterocycles. The molecule has 0 spiro atoms. The number of benzene rings is 2. The van der Waals surface area contributed by atoms with Gasteiger partial charge < -0.3 is 9.47 Å². The first-order valence-electron chi connectivity index (χ1n) is 7.60. The van der Waals surface area contributed by atoms with Crippen molar-refractivity contribution < 1.29 is 14.3 Å². The van der Waals surface area contributed by atoms with Crippen LogP contribution >= 0.6 is 0 Å². The number of ether oxygens (including phenoxy) is 2. The van der Waals surface area contributed by atoms with Crippen LogP contribution in [0.5, 0.6) is 0 Å². The van der Waals surface area contributed by atoms with Gasteiger partial charge in [-0.15, -0.1) is 0 Å². The van der Waals surface area contributed by atoms with Gasteiger partial charge in [-0.2, -0.15) is 0 Å². The number of methoxy groups -OCH3 is 1. The van der Waals surface area contributed by atoms with E-state index in [4.69, 9.17) is 9.47 Å². The van der Waals surface area contributed by atoms with E-state index >= 15 is 0 Å². The summed E-state index contributed by atoms with van der Waals surface area (Å²) in [6, 6.07) is 19.3. The maximum Gasteiger partial charge on any atom is 0.339 e. The Labute approximate surface area is 137 Å². The quantitative estimate of drug-likeness (QED) is 0.576. The van der Waals surface area contributed by atoms with Gasteiger partial charge in [0.1, 0.15) is 6.10 Å². The number of carbonyl (C=O) groups excluding carboxylic acids is 1. The molecule has 3 nitrogen and oxygen atoms in total. The lowest BCUT2D eigenvalue weighted by atomic mass is 10.1. The van der Waals surface area contributed by atoms with Gasteiger partial charge in [0.15, 0.2) is 6.10 Å². The van der Waals surface area contributed by atoms with Crippen LogP contribution < -0.4 is 0 Å². The Morgan fingerprint density at radius 2 is 1.43 bits per heavy atom. The fourth-order valence-electron chi connectivity index (χ4n) is 2.31. The molecule has 2 aromatic carbocycles. The van der Waals surface area contributed by atoms with Gasteiger partial charge in [0.25, 0.3) is 0 Å². The van der Waals surface area contributed by atoms with Crippen LogP contribution in [0.2, 0.25) is 0 Å². The number of carbonyl (C=O) groups is 1. The Balaban J connectivity index is 2.34. The molecule has 0 fully saturated rings. The lowest BCUT2D eigenvalue weighted by Gasteiger charge is -2.22. The van der Waals surface area contributed by atoms with Crippen LogP contribution in [-0.2, 0) is 14.3 Å². The second kappa shape index (κ2) is 8.30. The van der Waals surface area contributed by atoms with Crippen LogP contribution in [-0.4, -0.2) is 13.1 Å². The molecule has 0 unspecified atom stereocenters. The summed E-state index contributed by atoms with van der Waals surface area (Å²) in [7, 11) is 1.38. The van der Waals surface area contributed by atoms with Gasteiger partial charge in [0.2, 0.25) is 0 Å². The van der Waals surface area contributed by atoms with Crippen molar-refractivity contribution in [2.45, 2.75) is 26.1 Å². The van der Waals surface area contributed by atoms with Crippen molar-refractivity contribution in [3.8, 4) is 0 Å². The molecule has 2 aromatic rings. The second-order valence-electron chi connectivity index (χ2n) is 5.53. The minimum absolute atomic E-state index is 0.314. The highest BCUT2D eigenvalue weighted by atomic mass is 16.6. The third kappa shape index (κ3) is 4.80. The molecule has 3 heteroatoms. The molecule has 0 aliphatic rings. The van der Waals surface area contributed by atoms with E-state index in [1.165, 1.54) is 7.11 Å². The summed E-state index contributed by atoms with van der Waals surface area (Å²) in [6.45, 7) is 4.02. The van der Waals surface area contributed by atoms with Crippen molar-refractivity contribution in [2.75, 3.05) is 7.11 Å². The van der Waals surface area contributed by atoms with Crippen LogP contribution in [0.25, 0.3) is 0 Å². The minimum Gasteiger partial charge on any atom is -0.467 e. The van der Waals surface area contributed by atoms with E-state index in [0.717, 1.165) is 16.7 Å². The van der Waals surface area contributed by atoms with Crippen molar-refractivity contribution in [1.29, 1.82) is 0 Å². The van der Waals surface area contributed by atoms with Crippen molar-refractivity contribution in [2.24, 2.45) is 0 Å². The number of allylic oxidation sites excluding steroid dienone is 1. The molecule has 0 radical (unpaired) electrons. The van der Waals surface area contributed by atoms with Gasteiger partial charge in [-0.3, -0.25) is 0 Å². The van der Waals surface area contributed by atoms with Gasteiger partial charge in [0, 0.05) is 0 Å². The van der Waals surface area contributed by atoms with Crippen molar-refractivity contribution in [3.63, 3.8) is 0 Å². The molecule has 2 rings (SSSR count). The molecule has 0 saturated carbocycles. The molecule has 0 aliphatic heterocycles. The maximum absolute atomic E-state index is 12.2. The third-order valence-electron chi connectivity index (χ3n) is 3.41. The second-order valence-corrected chi connectivity index (χ2v) is 5.53. The van der Waals surface area contributed by atoms with E-state index in [9.17, 15) is 4.79 Å². The minimum atomic E-state index is -0.762. The Morgan fingerprint density at radius 3 is 1.91 bits per heavy atom. The highest BCUT2D eigenvalue weighted by Crippen LogP contribution is 2.29. The molecule has 0 N–H and O–H groups in total. The summed E-state index contributed by atoms with van der Waals surface area (Å²) in [4.78, 5) is 12.2. The molecule has 0 aromatic heterocycles. The molecule has 0 amide bonds. The molecule has 120 valence electrons. The van der Waals surface area contributed by atoms with Crippen molar-refractivity contribution in [3.05, 3.63) is 83.4 Å². The summed E-state index contributed by atoms with van der Waals surface area (Å²) < 4.78 is 11.1. The predicted octanol–water partition coefficient (Wildman–Crippen LogP) is 4.62. The summed E-state index contributed by atoms with van der Waals surface area (Å²) in [5.41, 5.74) is 2.90. The monoisotopic (exact) mass is 310 g/mol. The van der Waals surface area contributed by atoms with Crippen LogP contribution in [0.3, 0.4) is 0 Å². The standard InChI is InChI=1S/C20H22O3/c1-15(2)14-18(16-10-6-4-7-11-16)23-19(20(21)22-3)17-12-8-5-9-13-17/h4-14,18-19H,1-3H3/t18-,19-/m1/s1. The number of hydrogen-bond acceptors (Lipinski definition) is 3. The first-order valence-corrected chi connectivity index (χ1v) is 7.60. The maximum atomic E-state index is 12.2. The predicted molar refractivity (Wildman–Crippen MR) is 90.9 cm³/mol. The van der Waals surface area contributed by atoms with Crippen LogP contribution in [0.15, 0.2) is 72.3 Å². The Kier molecular flexibility index (Phi) is 6.12. The highest BCUT2D eigenvalue weighted by Gasteiger charge is 2.26. The lowest BCUT2D eigenvalue weighted by molar-refractivity contribution is -0.157. The third-order valence-corrected chi connectivity index (χ3v) is 3.41. The van der Waals surface area contributed by atoms with Gasteiger partial charge >= 0.3 is 5.97 Å². The number of hydrogen-bond donors (Lipinski definition) is 0. The van der Waals surface area contributed by atoms with Gasteiger partial charge in [-0.25, -0.2) is 4.79 Å². The van der Waals surface area contributed by atoms with E-state index < -0.39 is 12.1 Å². The number of esters is 1. The lowest BCUT2D eigenvalue weighted by Crippen LogP contribution is -2.19. The van der Waals surface area contributed by atoms with Gasteiger partial charge in [0.05, 0.1) is 7.11 Å². The largest absolute Gasteiger partial charge is 0.467 e. The Bertz CT molecular complexity index is 643. The van der Waals surface area contributed by atoms with E-state index in [1.54, 1.807) is 0 Å². The fraction of sp³-hybridized carbons (Fsp3) is 0.250. The average Bonchev–Trinajstić information content (AvgIpc) is 2.59. The SMILES string of the molecule is COC(=O)[C@H](O[C@H](C=C(C)C)c1ccccc1)c1ccccc1. The van der Waals surface area contributed by atoms with Crippen LogP contribution in [0, 0.1) is 0 Å². The fourth-order valence-corrected chi connectivity index (χ4v) is 2.31. The van der Waals surface area contributed by atoms with E-state index in [-0.39, 0.29) is 6.10 Å². The molecule has 23 heavy (non-hydrogen) atoms. The summed E-state index contributed by atoms with van der Waals surface area (Å²) in [5.74, 6) is -0.403. The zero-order valence-corrected chi connectivity index (χ0v) is 13.7. The van der Waals surface area contributed by atoms with Gasteiger partial charge in [-0.05, 0) is 25.0 Å². The smallest absolute Gasteiger partial charge is 0.339 e. The molecule has 2 atom stereocenters. The van der Waals surface area contributed by atoms with Crippen molar-refractivity contribution >= 4 is 5.97 Å². The van der Waals surface area contributed by atoms with Gasteiger partial charge in [-0.1, -0.05) is 72.3 Å². The van der Waals surface area contributed by atoms with Crippen LogP contribution in [0.1, 0.15) is 37.2 Å². The molecule has 0 aliphatic carbocycles. The zero-order chi connectivity index (χ0) is 16.7. The Morgan fingerprint density at radius 1 is 0.913 bits per heavy atom. The number of rotatable bonds is 6. The normalized spacial score (nSPS) is 13.0. The summed E-state index contributed by atoms with van der Waals surface area (Å²) in [5, 5.41) is 0. The van der Waals surface area contributed by atoms with Crippen molar-refractivity contribution in [1.82, 2.24) is 0 Å². The van der Waals surface area contributed by atoms with E-state index in [2.05, 4.69) is 0 Å². The molecular formula is C20H22O3. The molecule has 0 bridgehead atoms. The van der Waals surface area contributed by atoms with Crippen LogP contribution in [0.4, 0.5) is 0 Å². The Hall–Kier alpha value is -2.39. The zero-order valence-electron chi connectivity index (χ0n) is 13.7. The first-order chi connectivity index (χ1) is 11.1. The average molecular weight is 310 g/mol. The van der Waals surface area contributed by atoms with E-state index in [0.29, 0.717) is 0 Å². The molecular weight excluding hydrogens is 288 g/mol.